The summed E-state index contributed by atoms with van der Waals surface area (Å²) in [7, 11) is 3.27. The lowest BCUT2D eigenvalue weighted by Gasteiger charge is -2.04. The number of fused-ring (bicyclic) bond motifs is 1. The minimum absolute atomic E-state index is 0.756. The predicted octanol–water partition coefficient (Wildman–Crippen LogP) is 3.57. The maximum atomic E-state index is 5.93. The van der Waals surface area contributed by atoms with Gasteiger partial charge >= 0.3 is 0 Å². The fourth-order valence-corrected chi connectivity index (χ4v) is 2.53. The van der Waals surface area contributed by atoms with Crippen molar-refractivity contribution in [1.29, 1.82) is 0 Å². The molecule has 0 amide bonds. The summed E-state index contributed by atoms with van der Waals surface area (Å²) in [6.45, 7) is 0. The van der Waals surface area contributed by atoms with Crippen LogP contribution in [0.15, 0.2) is 18.2 Å². The molecule has 0 bridgehead atoms. The van der Waals surface area contributed by atoms with Crippen LogP contribution in [-0.4, -0.2) is 14.2 Å². The van der Waals surface area contributed by atoms with E-state index in [1.807, 2.05) is 18.2 Å². The van der Waals surface area contributed by atoms with Crippen LogP contribution in [-0.2, 0) is 0 Å². The maximum absolute atomic E-state index is 5.93. The molecule has 0 saturated heterocycles. The lowest BCUT2D eigenvalue weighted by Crippen LogP contribution is -1.86. The van der Waals surface area contributed by atoms with Crippen LogP contribution in [0.25, 0.3) is 10.1 Å². The van der Waals surface area contributed by atoms with Crippen molar-refractivity contribution in [3.05, 3.63) is 22.5 Å². The van der Waals surface area contributed by atoms with E-state index in [-0.39, 0.29) is 0 Å². The van der Waals surface area contributed by atoms with Gasteiger partial charge < -0.3 is 9.47 Å². The second kappa shape index (κ2) is 3.67. The molecule has 0 radical (unpaired) electrons. The zero-order valence-electron chi connectivity index (χ0n) is 7.83. The molecule has 1 aromatic carbocycles. The summed E-state index contributed by atoms with van der Waals surface area (Å²) in [5, 5.41) is 1.03. The first-order valence-electron chi connectivity index (χ1n) is 4.05. The van der Waals surface area contributed by atoms with E-state index in [1.165, 1.54) is 11.3 Å². The molecule has 0 spiro atoms. The number of hydrogen-bond acceptors (Lipinski definition) is 3. The molecule has 0 N–H and O–H groups in total. The lowest BCUT2D eigenvalue weighted by molar-refractivity contribution is 0.398. The van der Waals surface area contributed by atoms with Crippen LogP contribution in [0.3, 0.4) is 0 Å². The van der Waals surface area contributed by atoms with Crippen molar-refractivity contribution in [1.82, 2.24) is 0 Å². The van der Waals surface area contributed by atoms with E-state index < -0.39 is 0 Å². The molecule has 4 heteroatoms. The Morgan fingerprint density at radius 3 is 2.57 bits per heavy atom. The number of methoxy groups -OCH3 is 2. The van der Waals surface area contributed by atoms with E-state index in [4.69, 9.17) is 21.1 Å². The number of rotatable bonds is 2. The summed E-state index contributed by atoms with van der Waals surface area (Å²) in [6.07, 6.45) is 0. The Labute approximate surface area is 91.0 Å². The summed E-state index contributed by atoms with van der Waals surface area (Å²) in [5.41, 5.74) is 0. The smallest absolute Gasteiger partial charge is 0.131 e. The third-order valence-electron chi connectivity index (χ3n) is 2.00. The van der Waals surface area contributed by atoms with Crippen molar-refractivity contribution >= 4 is 33.0 Å². The van der Waals surface area contributed by atoms with Crippen molar-refractivity contribution in [3.8, 4) is 11.5 Å². The fraction of sp³-hybridized carbons (Fsp3) is 0.200. The normalized spacial score (nSPS) is 10.5. The zero-order valence-corrected chi connectivity index (χ0v) is 9.41. The quantitative estimate of drug-likeness (QED) is 0.783. The van der Waals surface area contributed by atoms with Crippen LogP contribution in [0.4, 0.5) is 0 Å². The Balaban J connectivity index is 2.72. The van der Waals surface area contributed by atoms with Gasteiger partial charge in [0.15, 0.2) is 0 Å². The first-order valence-corrected chi connectivity index (χ1v) is 5.25. The van der Waals surface area contributed by atoms with Crippen LogP contribution in [0.1, 0.15) is 0 Å². The van der Waals surface area contributed by atoms with E-state index in [0.717, 1.165) is 25.9 Å². The van der Waals surface area contributed by atoms with Crippen molar-refractivity contribution in [2.45, 2.75) is 0 Å². The van der Waals surface area contributed by atoms with Gasteiger partial charge in [-0.25, -0.2) is 0 Å². The molecule has 0 atom stereocenters. The Morgan fingerprint density at radius 2 is 1.93 bits per heavy atom. The molecule has 0 unspecified atom stereocenters. The average molecular weight is 229 g/mol. The number of ether oxygens (including phenoxy) is 2. The summed E-state index contributed by atoms with van der Waals surface area (Å²) in [5.74, 6) is 1.58. The van der Waals surface area contributed by atoms with E-state index in [2.05, 4.69) is 0 Å². The Morgan fingerprint density at radius 1 is 1.14 bits per heavy atom. The standard InChI is InChI=1S/C10H9ClO2S/c1-12-6-3-8(13-2)7-5-10(11)14-9(7)4-6/h3-5H,1-2H3. The van der Waals surface area contributed by atoms with Gasteiger partial charge in [0.2, 0.25) is 0 Å². The Hall–Kier alpha value is -0.930. The zero-order chi connectivity index (χ0) is 10.1. The van der Waals surface area contributed by atoms with Crippen LogP contribution in [0, 0.1) is 0 Å². The number of halogens is 1. The molecule has 0 aliphatic heterocycles. The van der Waals surface area contributed by atoms with Crippen molar-refractivity contribution in [2.24, 2.45) is 0 Å². The van der Waals surface area contributed by atoms with E-state index in [1.54, 1.807) is 14.2 Å². The van der Waals surface area contributed by atoms with Gasteiger partial charge in [0, 0.05) is 16.2 Å². The summed E-state index contributed by atoms with van der Waals surface area (Å²) in [4.78, 5) is 0. The molecule has 0 aliphatic carbocycles. The highest BCUT2D eigenvalue weighted by Gasteiger charge is 2.08. The Kier molecular flexibility index (Phi) is 2.52. The molecule has 0 fully saturated rings. The van der Waals surface area contributed by atoms with E-state index in [9.17, 15) is 0 Å². The highest BCUT2D eigenvalue weighted by atomic mass is 35.5. The first kappa shape index (κ1) is 9.62. The van der Waals surface area contributed by atoms with E-state index >= 15 is 0 Å². The lowest BCUT2D eigenvalue weighted by atomic mass is 10.2. The van der Waals surface area contributed by atoms with Gasteiger partial charge in [-0.15, -0.1) is 11.3 Å². The van der Waals surface area contributed by atoms with Gasteiger partial charge in [0.05, 0.1) is 18.6 Å². The third-order valence-corrected chi connectivity index (χ3v) is 3.21. The second-order valence-corrected chi connectivity index (χ2v) is 4.51. The summed E-state index contributed by atoms with van der Waals surface area (Å²) in [6, 6.07) is 5.71. The van der Waals surface area contributed by atoms with Gasteiger partial charge in [0.1, 0.15) is 11.5 Å². The molecular weight excluding hydrogens is 220 g/mol. The first-order chi connectivity index (χ1) is 6.74. The van der Waals surface area contributed by atoms with Gasteiger partial charge in [-0.05, 0) is 12.1 Å². The molecule has 1 aromatic heterocycles. The molecule has 0 saturated carbocycles. The minimum Gasteiger partial charge on any atom is -0.497 e. The molecule has 2 rings (SSSR count). The number of thiophene rings is 1. The Bertz CT molecular complexity index is 464. The molecule has 0 aliphatic rings. The molecule has 1 heterocycles. The topological polar surface area (TPSA) is 18.5 Å². The summed E-state index contributed by atoms with van der Waals surface area (Å²) < 4.78 is 12.2. The van der Waals surface area contributed by atoms with Crippen molar-refractivity contribution < 1.29 is 9.47 Å². The molecule has 74 valence electrons. The molecule has 2 aromatic rings. The van der Waals surface area contributed by atoms with Crippen molar-refractivity contribution in [2.75, 3.05) is 14.2 Å². The third kappa shape index (κ3) is 1.53. The molecular formula is C10H9ClO2S. The minimum atomic E-state index is 0.756. The van der Waals surface area contributed by atoms with Gasteiger partial charge in [0.25, 0.3) is 0 Å². The largest absolute Gasteiger partial charge is 0.497 e. The van der Waals surface area contributed by atoms with Gasteiger partial charge in [-0.1, -0.05) is 11.6 Å². The highest BCUT2D eigenvalue weighted by molar-refractivity contribution is 7.22. The van der Waals surface area contributed by atoms with Crippen LogP contribution in [0.5, 0.6) is 11.5 Å². The average Bonchev–Trinajstić information content (AvgIpc) is 2.56. The van der Waals surface area contributed by atoms with E-state index in [0.29, 0.717) is 0 Å². The highest BCUT2D eigenvalue weighted by Crippen LogP contribution is 2.38. The molecule has 2 nitrogen and oxygen atoms in total. The van der Waals surface area contributed by atoms with Crippen molar-refractivity contribution in [3.63, 3.8) is 0 Å². The second-order valence-electron chi connectivity index (χ2n) is 2.79. The van der Waals surface area contributed by atoms with Gasteiger partial charge in [-0.3, -0.25) is 0 Å². The van der Waals surface area contributed by atoms with Crippen LogP contribution in [0.2, 0.25) is 4.34 Å². The predicted molar refractivity (Wildman–Crippen MR) is 59.9 cm³/mol. The fourth-order valence-electron chi connectivity index (χ4n) is 1.34. The molecule has 14 heavy (non-hydrogen) atoms. The monoisotopic (exact) mass is 228 g/mol. The van der Waals surface area contributed by atoms with Crippen LogP contribution >= 0.6 is 22.9 Å². The number of benzene rings is 1. The number of hydrogen-bond donors (Lipinski definition) is 0. The van der Waals surface area contributed by atoms with Gasteiger partial charge in [-0.2, -0.15) is 0 Å². The van der Waals surface area contributed by atoms with Crippen LogP contribution < -0.4 is 9.47 Å². The summed E-state index contributed by atoms with van der Waals surface area (Å²) >= 11 is 7.45. The maximum Gasteiger partial charge on any atom is 0.131 e. The SMILES string of the molecule is COc1cc(OC)c2cc(Cl)sc2c1.